The van der Waals surface area contributed by atoms with Gasteiger partial charge in [-0.3, -0.25) is 4.98 Å². The van der Waals surface area contributed by atoms with Gasteiger partial charge in [0.15, 0.2) is 5.75 Å². The number of benzene rings is 1. The summed E-state index contributed by atoms with van der Waals surface area (Å²) in [5, 5.41) is 18.5. The fourth-order valence-corrected chi connectivity index (χ4v) is 1.96. The maximum absolute atomic E-state index is 9.51. The van der Waals surface area contributed by atoms with E-state index in [0.29, 0.717) is 11.6 Å². The van der Waals surface area contributed by atoms with E-state index in [0.717, 1.165) is 11.1 Å². The van der Waals surface area contributed by atoms with Crippen molar-refractivity contribution < 1.29 is 5.11 Å². The molecule has 0 atom stereocenters. The van der Waals surface area contributed by atoms with Gasteiger partial charge in [0.1, 0.15) is 6.07 Å². The van der Waals surface area contributed by atoms with E-state index in [4.69, 9.17) is 5.26 Å². The number of aromatic hydroxyl groups is 1. The number of hydrogen-bond donors (Lipinski definition) is 1. The van der Waals surface area contributed by atoms with E-state index in [1.54, 1.807) is 6.07 Å². The van der Waals surface area contributed by atoms with Crippen molar-refractivity contribution in [3.63, 3.8) is 0 Å². The third-order valence-corrected chi connectivity index (χ3v) is 3.21. The first kappa shape index (κ1) is 13.1. The third-order valence-electron chi connectivity index (χ3n) is 3.21. The van der Waals surface area contributed by atoms with Gasteiger partial charge in [-0.1, -0.05) is 26.0 Å². The molecule has 0 fully saturated rings. The van der Waals surface area contributed by atoms with Crippen LogP contribution in [0.3, 0.4) is 0 Å². The zero-order valence-corrected chi connectivity index (χ0v) is 11.3. The van der Waals surface area contributed by atoms with Gasteiger partial charge in [0.25, 0.3) is 0 Å². The average molecular weight is 252 g/mol. The Hall–Kier alpha value is -2.34. The van der Waals surface area contributed by atoms with Crippen LogP contribution in [0.1, 0.15) is 36.5 Å². The highest BCUT2D eigenvalue weighted by molar-refractivity contribution is 5.67. The van der Waals surface area contributed by atoms with Gasteiger partial charge in [0.2, 0.25) is 0 Å². The van der Waals surface area contributed by atoms with Gasteiger partial charge in [-0.25, -0.2) is 0 Å². The monoisotopic (exact) mass is 252 g/mol. The van der Waals surface area contributed by atoms with Crippen LogP contribution in [-0.4, -0.2) is 10.1 Å². The number of hydrogen-bond acceptors (Lipinski definition) is 3. The molecule has 0 unspecified atom stereocenters. The second-order valence-corrected chi connectivity index (χ2v) is 4.93. The summed E-state index contributed by atoms with van der Waals surface area (Å²) in [6.07, 6.45) is 1.33. The molecule has 96 valence electrons. The van der Waals surface area contributed by atoms with E-state index < -0.39 is 0 Å². The number of aromatic nitrogens is 1. The van der Waals surface area contributed by atoms with Gasteiger partial charge in [-0.05, 0) is 36.1 Å². The summed E-state index contributed by atoms with van der Waals surface area (Å²) in [7, 11) is 0. The predicted molar refractivity (Wildman–Crippen MR) is 74.9 cm³/mol. The zero-order chi connectivity index (χ0) is 14.0. The van der Waals surface area contributed by atoms with Crippen LogP contribution in [-0.2, 0) is 0 Å². The Labute approximate surface area is 113 Å². The van der Waals surface area contributed by atoms with Gasteiger partial charge in [-0.2, -0.15) is 5.26 Å². The van der Waals surface area contributed by atoms with Crippen LogP contribution in [0.25, 0.3) is 11.3 Å². The molecule has 2 aromatic rings. The molecule has 1 aromatic carbocycles. The fraction of sp³-hybridized carbons (Fsp3) is 0.250. The molecule has 0 amide bonds. The Balaban J connectivity index is 2.58. The van der Waals surface area contributed by atoms with Crippen LogP contribution in [0.15, 0.2) is 30.5 Å². The highest BCUT2D eigenvalue weighted by Crippen LogP contribution is 2.28. The van der Waals surface area contributed by atoms with E-state index in [1.165, 1.54) is 11.8 Å². The number of rotatable bonds is 2. The fourth-order valence-electron chi connectivity index (χ4n) is 1.96. The zero-order valence-electron chi connectivity index (χ0n) is 11.3. The van der Waals surface area contributed by atoms with Crippen molar-refractivity contribution in [2.75, 3.05) is 0 Å². The molecule has 1 N–H and O–H groups in total. The Bertz CT molecular complexity index is 654. The molecule has 2 rings (SSSR count). The van der Waals surface area contributed by atoms with Crippen molar-refractivity contribution >= 4 is 0 Å². The van der Waals surface area contributed by atoms with E-state index in [9.17, 15) is 5.11 Å². The lowest BCUT2D eigenvalue weighted by atomic mass is 9.95. The Morgan fingerprint density at radius 2 is 2.00 bits per heavy atom. The van der Waals surface area contributed by atoms with Crippen LogP contribution in [0.2, 0.25) is 0 Å². The molecule has 0 aliphatic heterocycles. The summed E-state index contributed by atoms with van der Waals surface area (Å²) >= 11 is 0. The molecule has 0 saturated heterocycles. The van der Waals surface area contributed by atoms with Crippen molar-refractivity contribution in [3.8, 4) is 23.1 Å². The summed E-state index contributed by atoms with van der Waals surface area (Å²) in [6.45, 7) is 6.29. The number of nitriles is 1. The summed E-state index contributed by atoms with van der Waals surface area (Å²) in [5.74, 6) is 0.357. The van der Waals surface area contributed by atoms with Gasteiger partial charge >= 0.3 is 0 Å². The highest BCUT2D eigenvalue weighted by Gasteiger charge is 2.09. The molecule has 1 heterocycles. The van der Waals surface area contributed by atoms with Gasteiger partial charge in [0.05, 0.1) is 17.5 Å². The summed E-state index contributed by atoms with van der Waals surface area (Å²) in [4.78, 5) is 4.22. The van der Waals surface area contributed by atoms with Crippen molar-refractivity contribution in [1.29, 1.82) is 5.26 Å². The van der Waals surface area contributed by atoms with Crippen molar-refractivity contribution in [2.24, 2.45) is 0 Å². The topological polar surface area (TPSA) is 56.9 Å². The number of pyridine rings is 1. The minimum atomic E-state index is -0.0797. The minimum absolute atomic E-state index is 0.0797. The average Bonchev–Trinajstić information content (AvgIpc) is 2.40. The molecule has 0 bridgehead atoms. The molecular weight excluding hydrogens is 236 g/mol. The lowest BCUT2D eigenvalue weighted by Gasteiger charge is -2.11. The van der Waals surface area contributed by atoms with E-state index >= 15 is 0 Å². The first-order valence-electron chi connectivity index (χ1n) is 6.23. The van der Waals surface area contributed by atoms with Gasteiger partial charge < -0.3 is 5.11 Å². The van der Waals surface area contributed by atoms with Crippen LogP contribution >= 0.6 is 0 Å². The molecule has 1 aromatic heterocycles. The lowest BCUT2D eigenvalue weighted by Crippen LogP contribution is -1.93. The second kappa shape index (κ2) is 5.11. The molecule has 3 heteroatoms. The first-order chi connectivity index (χ1) is 9.02. The van der Waals surface area contributed by atoms with Crippen LogP contribution in [0.4, 0.5) is 0 Å². The first-order valence-corrected chi connectivity index (χ1v) is 6.23. The standard InChI is InChI=1S/C16H16N2O/c1-10(2)12-5-4-11(3)14(6-12)15-7-13(8-17)16(19)9-18-15/h4-7,9-10,19H,1-3H3. The summed E-state index contributed by atoms with van der Waals surface area (Å²) < 4.78 is 0. The van der Waals surface area contributed by atoms with Crippen LogP contribution < -0.4 is 0 Å². The van der Waals surface area contributed by atoms with E-state index in [2.05, 4.69) is 37.0 Å². The maximum atomic E-state index is 9.51. The SMILES string of the molecule is Cc1ccc(C(C)C)cc1-c1cc(C#N)c(O)cn1. The number of aryl methyl sites for hydroxylation is 1. The highest BCUT2D eigenvalue weighted by atomic mass is 16.3. The molecule has 0 saturated carbocycles. The number of nitrogens with zero attached hydrogens (tertiary/aromatic N) is 2. The molecule has 0 aliphatic rings. The smallest absolute Gasteiger partial charge is 0.151 e. The third kappa shape index (κ3) is 2.58. The quantitative estimate of drug-likeness (QED) is 0.885. The Kier molecular flexibility index (Phi) is 3.52. The Morgan fingerprint density at radius 1 is 1.26 bits per heavy atom. The molecule has 0 spiro atoms. The summed E-state index contributed by atoms with van der Waals surface area (Å²) in [6, 6.07) is 9.86. The van der Waals surface area contributed by atoms with E-state index in [1.807, 2.05) is 13.0 Å². The molecule has 0 aliphatic carbocycles. The normalized spacial score (nSPS) is 10.5. The molecule has 0 radical (unpaired) electrons. The molecule has 3 nitrogen and oxygen atoms in total. The maximum Gasteiger partial charge on any atom is 0.151 e. The molecular formula is C16H16N2O. The summed E-state index contributed by atoms with van der Waals surface area (Å²) in [5.41, 5.74) is 4.30. The van der Waals surface area contributed by atoms with Crippen molar-refractivity contribution in [1.82, 2.24) is 4.98 Å². The van der Waals surface area contributed by atoms with Crippen molar-refractivity contribution in [2.45, 2.75) is 26.7 Å². The van der Waals surface area contributed by atoms with Crippen molar-refractivity contribution in [3.05, 3.63) is 47.2 Å². The minimum Gasteiger partial charge on any atom is -0.505 e. The predicted octanol–water partition coefficient (Wildman–Crippen LogP) is 3.76. The lowest BCUT2D eigenvalue weighted by molar-refractivity contribution is 0.471. The Morgan fingerprint density at radius 3 is 2.63 bits per heavy atom. The molecule has 19 heavy (non-hydrogen) atoms. The van der Waals surface area contributed by atoms with Crippen LogP contribution in [0, 0.1) is 18.3 Å². The largest absolute Gasteiger partial charge is 0.505 e. The van der Waals surface area contributed by atoms with Gasteiger partial charge in [-0.15, -0.1) is 0 Å². The van der Waals surface area contributed by atoms with Crippen LogP contribution in [0.5, 0.6) is 5.75 Å². The van der Waals surface area contributed by atoms with Gasteiger partial charge in [0, 0.05) is 5.56 Å². The second-order valence-electron chi connectivity index (χ2n) is 4.93. The van der Waals surface area contributed by atoms with E-state index in [-0.39, 0.29) is 11.3 Å².